The van der Waals surface area contributed by atoms with Crippen molar-refractivity contribution in [2.24, 2.45) is 0 Å². The van der Waals surface area contributed by atoms with Crippen molar-refractivity contribution in [1.82, 2.24) is 9.97 Å². The van der Waals surface area contributed by atoms with Crippen LogP contribution in [0.25, 0.3) is 0 Å². The average Bonchev–Trinajstić information content (AvgIpc) is 2.38. The minimum absolute atomic E-state index is 0.0183. The molecule has 0 atom stereocenters. The molecule has 0 radical (unpaired) electrons. The van der Waals surface area contributed by atoms with Crippen LogP contribution in [-0.4, -0.2) is 21.0 Å². The molecule has 0 bridgehead atoms. The number of carbonyl (C=O) groups is 1. The lowest BCUT2D eigenvalue weighted by Crippen LogP contribution is -2.01. The normalized spacial score (nSPS) is 10.0. The van der Waals surface area contributed by atoms with Crippen molar-refractivity contribution >= 4 is 5.97 Å². The average molecular weight is 244 g/mol. The number of ether oxygens (including phenoxy) is 1. The van der Waals surface area contributed by atoms with Crippen LogP contribution in [0, 0.1) is 0 Å². The SMILES string of the molecule is O=C(O)Cc1ccc(OCc2cnccn2)cc1. The Hall–Kier alpha value is -2.43. The zero-order valence-corrected chi connectivity index (χ0v) is 9.61. The van der Waals surface area contributed by atoms with Crippen LogP contribution in [0.15, 0.2) is 42.9 Å². The Morgan fingerprint density at radius 2 is 2.00 bits per heavy atom. The highest BCUT2D eigenvalue weighted by Gasteiger charge is 2.01. The van der Waals surface area contributed by atoms with Crippen molar-refractivity contribution in [2.45, 2.75) is 13.0 Å². The molecule has 0 amide bonds. The maximum atomic E-state index is 10.5. The van der Waals surface area contributed by atoms with Crippen molar-refractivity contribution in [1.29, 1.82) is 0 Å². The Balaban J connectivity index is 1.92. The predicted molar refractivity (Wildman–Crippen MR) is 64.1 cm³/mol. The Labute approximate surface area is 104 Å². The fourth-order valence-electron chi connectivity index (χ4n) is 1.44. The van der Waals surface area contributed by atoms with Crippen LogP contribution in [0.1, 0.15) is 11.3 Å². The number of hydrogen-bond donors (Lipinski definition) is 1. The van der Waals surface area contributed by atoms with Crippen molar-refractivity contribution in [3.63, 3.8) is 0 Å². The molecule has 1 heterocycles. The summed E-state index contributed by atoms with van der Waals surface area (Å²) in [5, 5.41) is 8.64. The van der Waals surface area contributed by atoms with Crippen LogP contribution in [0.5, 0.6) is 5.75 Å². The molecule has 1 aromatic carbocycles. The summed E-state index contributed by atoms with van der Waals surface area (Å²) in [7, 11) is 0. The van der Waals surface area contributed by atoms with Crippen molar-refractivity contribution in [3.8, 4) is 5.75 Å². The Kier molecular flexibility index (Phi) is 3.86. The maximum absolute atomic E-state index is 10.5. The number of aromatic nitrogens is 2. The smallest absolute Gasteiger partial charge is 0.307 e. The van der Waals surface area contributed by atoms with Gasteiger partial charge in [-0.3, -0.25) is 14.8 Å². The number of benzene rings is 1. The highest BCUT2D eigenvalue weighted by atomic mass is 16.5. The van der Waals surface area contributed by atoms with Gasteiger partial charge in [0.1, 0.15) is 12.4 Å². The molecular formula is C13H12N2O3. The second-order valence-corrected chi connectivity index (χ2v) is 3.70. The largest absolute Gasteiger partial charge is 0.487 e. The first-order valence-corrected chi connectivity index (χ1v) is 5.42. The molecule has 0 unspecified atom stereocenters. The van der Waals surface area contributed by atoms with Crippen LogP contribution >= 0.6 is 0 Å². The number of carboxylic acids is 1. The zero-order chi connectivity index (χ0) is 12.8. The van der Waals surface area contributed by atoms with E-state index in [2.05, 4.69) is 9.97 Å². The quantitative estimate of drug-likeness (QED) is 0.866. The summed E-state index contributed by atoms with van der Waals surface area (Å²) < 4.78 is 5.50. The molecule has 5 nitrogen and oxygen atoms in total. The van der Waals surface area contributed by atoms with Gasteiger partial charge in [-0.1, -0.05) is 12.1 Å². The number of carboxylic acid groups (broad SMARTS) is 1. The third-order valence-corrected chi connectivity index (χ3v) is 2.28. The number of hydrogen-bond acceptors (Lipinski definition) is 4. The van der Waals surface area contributed by atoms with Gasteiger partial charge in [-0.2, -0.15) is 0 Å². The molecule has 1 N–H and O–H groups in total. The van der Waals surface area contributed by atoms with E-state index in [4.69, 9.17) is 9.84 Å². The Bertz CT molecular complexity index is 512. The number of aliphatic carboxylic acids is 1. The van der Waals surface area contributed by atoms with Gasteiger partial charge >= 0.3 is 5.97 Å². The molecule has 2 aromatic rings. The van der Waals surface area contributed by atoms with Gasteiger partial charge in [-0.25, -0.2) is 0 Å². The van der Waals surface area contributed by atoms with Crippen LogP contribution in [0.2, 0.25) is 0 Å². The molecule has 1 aromatic heterocycles. The first-order valence-electron chi connectivity index (χ1n) is 5.42. The Morgan fingerprint density at radius 1 is 1.22 bits per heavy atom. The van der Waals surface area contributed by atoms with Gasteiger partial charge in [0.25, 0.3) is 0 Å². The van der Waals surface area contributed by atoms with Gasteiger partial charge in [-0.15, -0.1) is 0 Å². The third kappa shape index (κ3) is 3.55. The van der Waals surface area contributed by atoms with Crippen LogP contribution in [0.4, 0.5) is 0 Å². The molecule has 0 spiro atoms. The van der Waals surface area contributed by atoms with E-state index in [-0.39, 0.29) is 6.42 Å². The lowest BCUT2D eigenvalue weighted by Gasteiger charge is -2.05. The lowest BCUT2D eigenvalue weighted by atomic mass is 10.1. The first kappa shape index (κ1) is 12.0. The highest BCUT2D eigenvalue weighted by molar-refractivity contribution is 5.70. The number of rotatable bonds is 5. The van der Waals surface area contributed by atoms with Crippen molar-refractivity contribution in [3.05, 3.63) is 54.1 Å². The summed E-state index contributed by atoms with van der Waals surface area (Å²) in [6.07, 6.45) is 4.86. The molecule has 0 saturated heterocycles. The standard InChI is InChI=1S/C13H12N2O3/c16-13(17)7-10-1-3-12(4-2-10)18-9-11-8-14-5-6-15-11/h1-6,8H,7,9H2,(H,16,17). The minimum atomic E-state index is -0.844. The highest BCUT2D eigenvalue weighted by Crippen LogP contribution is 2.13. The predicted octanol–water partition coefficient (Wildman–Crippen LogP) is 1.68. The minimum Gasteiger partial charge on any atom is -0.487 e. The third-order valence-electron chi connectivity index (χ3n) is 2.28. The number of nitrogens with zero attached hydrogens (tertiary/aromatic N) is 2. The summed E-state index contributed by atoms with van der Waals surface area (Å²) in [4.78, 5) is 18.5. The van der Waals surface area contributed by atoms with Crippen molar-refractivity contribution < 1.29 is 14.6 Å². The van der Waals surface area contributed by atoms with Crippen LogP contribution in [-0.2, 0) is 17.8 Å². The van der Waals surface area contributed by atoms with E-state index in [9.17, 15) is 4.79 Å². The second kappa shape index (κ2) is 5.77. The van der Waals surface area contributed by atoms with E-state index >= 15 is 0 Å². The molecule has 0 saturated carbocycles. The topological polar surface area (TPSA) is 72.3 Å². The summed E-state index contributed by atoms with van der Waals surface area (Å²) in [5.41, 5.74) is 1.49. The molecule has 18 heavy (non-hydrogen) atoms. The molecule has 0 aliphatic rings. The summed E-state index contributed by atoms with van der Waals surface area (Å²) in [5.74, 6) is -0.168. The summed E-state index contributed by atoms with van der Waals surface area (Å²) in [6, 6.07) is 6.96. The molecule has 0 aliphatic heterocycles. The van der Waals surface area contributed by atoms with E-state index in [1.165, 1.54) is 0 Å². The Morgan fingerprint density at radius 3 is 2.61 bits per heavy atom. The van der Waals surface area contributed by atoms with Gasteiger partial charge in [0.2, 0.25) is 0 Å². The summed E-state index contributed by atoms with van der Waals surface area (Å²) >= 11 is 0. The van der Waals surface area contributed by atoms with E-state index in [1.807, 2.05) is 0 Å². The molecule has 0 aliphatic carbocycles. The van der Waals surface area contributed by atoms with Crippen LogP contribution in [0.3, 0.4) is 0 Å². The van der Waals surface area contributed by atoms with Crippen molar-refractivity contribution in [2.75, 3.05) is 0 Å². The van der Waals surface area contributed by atoms with E-state index in [0.29, 0.717) is 12.4 Å². The molecule has 92 valence electrons. The fourth-order valence-corrected chi connectivity index (χ4v) is 1.44. The molecule has 0 fully saturated rings. The molecular weight excluding hydrogens is 232 g/mol. The van der Waals surface area contributed by atoms with Gasteiger partial charge in [-0.05, 0) is 17.7 Å². The first-order chi connectivity index (χ1) is 8.74. The molecule has 5 heteroatoms. The van der Waals surface area contributed by atoms with E-state index in [1.54, 1.807) is 42.9 Å². The maximum Gasteiger partial charge on any atom is 0.307 e. The second-order valence-electron chi connectivity index (χ2n) is 3.70. The van der Waals surface area contributed by atoms with Gasteiger partial charge < -0.3 is 9.84 Å². The molecule has 2 rings (SSSR count). The van der Waals surface area contributed by atoms with Gasteiger partial charge in [0.15, 0.2) is 0 Å². The zero-order valence-electron chi connectivity index (χ0n) is 9.61. The van der Waals surface area contributed by atoms with Gasteiger partial charge in [0.05, 0.1) is 18.3 Å². The van der Waals surface area contributed by atoms with E-state index in [0.717, 1.165) is 11.3 Å². The lowest BCUT2D eigenvalue weighted by molar-refractivity contribution is -0.136. The van der Waals surface area contributed by atoms with Crippen LogP contribution < -0.4 is 4.74 Å². The fraction of sp³-hybridized carbons (Fsp3) is 0.154. The van der Waals surface area contributed by atoms with Gasteiger partial charge in [0, 0.05) is 12.4 Å². The summed E-state index contributed by atoms with van der Waals surface area (Å²) in [6.45, 7) is 0.339. The monoisotopic (exact) mass is 244 g/mol. The van der Waals surface area contributed by atoms with E-state index < -0.39 is 5.97 Å².